The molecular formula is C23H32O4. The van der Waals surface area contributed by atoms with Crippen LogP contribution in [-0.4, -0.2) is 23.6 Å². The van der Waals surface area contributed by atoms with E-state index in [1.165, 1.54) is 12.5 Å². The highest BCUT2D eigenvalue weighted by Crippen LogP contribution is 2.65. The molecule has 0 spiro atoms. The first-order valence-electron chi connectivity index (χ1n) is 10.6. The zero-order valence-corrected chi connectivity index (χ0v) is 17.0. The van der Waals surface area contributed by atoms with Crippen molar-refractivity contribution in [2.75, 3.05) is 0 Å². The lowest BCUT2D eigenvalue weighted by Crippen LogP contribution is -2.55. The Hall–Kier alpha value is -1.45. The SMILES string of the molecule is CC(=O)OC1CCC2(C)C(=CCC3C2C(=O)CC2(C)C(C(C)=O)CCC32)C1. The third-order valence-corrected chi connectivity index (χ3v) is 8.57. The molecule has 27 heavy (non-hydrogen) atoms. The zero-order valence-electron chi connectivity index (χ0n) is 17.0. The highest BCUT2D eigenvalue weighted by atomic mass is 16.5. The predicted octanol–water partition coefficient (Wildman–Crippen LogP) is 4.27. The van der Waals surface area contributed by atoms with Gasteiger partial charge in [-0.1, -0.05) is 25.5 Å². The van der Waals surface area contributed by atoms with E-state index in [1.807, 2.05) is 0 Å². The van der Waals surface area contributed by atoms with Crippen molar-refractivity contribution < 1.29 is 19.1 Å². The normalized spacial score (nSPS) is 46.0. The monoisotopic (exact) mass is 372 g/mol. The van der Waals surface area contributed by atoms with Crippen molar-refractivity contribution in [3.63, 3.8) is 0 Å². The van der Waals surface area contributed by atoms with Gasteiger partial charge in [0.1, 0.15) is 17.7 Å². The molecule has 0 aromatic rings. The van der Waals surface area contributed by atoms with Crippen LogP contribution in [0.2, 0.25) is 0 Å². The number of fused-ring (bicyclic) bond motifs is 5. The molecule has 0 bridgehead atoms. The maximum absolute atomic E-state index is 13.4. The minimum Gasteiger partial charge on any atom is -0.462 e. The summed E-state index contributed by atoms with van der Waals surface area (Å²) in [5, 5.41) is 0. The molecule has 0 N–H and O–H groups in total. The summed E-state index contributed by atoms with van der Waals surface area (Å²) in [6.45, 7) is 7.63. The Labute approximate surface area is 162 Å². The number of Topliss-reactive ketones (excluding diaryl/α,β-unsaturated/α-hetero) is 2. The molecule has 0 aromatic heterocycles. The second-order valence-corrected chi connectivity index (χ2v) is 9.99. The highest BCUT2D eigenvalue weighted by molar-refractivity contribution is 5.87. The fourth-order valence-electron chi connectivity index (χ4n) is 7.46. The second-order valence-electron chi connectivity index (χ2n) is 9.99. The zero-order chi connectivity index (χ0) is 19.6. The van der Waals surface area contributed by atoms with Gasteiger partial charge in [0.2, 0.25) is 0 Å². The van der Waals surface area contributed by atoms with E-state index in [1.54, 1.807) is 6.92 Å². The minimum atomic E-state index is -0.219. The van der Waals surface area contributed by atoms with Crippen molar-refractivity contribution in [3.8, 4) is 0 Å². The second kappa shape index (κ2) is 6.28. The smallest absolute Gasteiger partial charge is 0.302 e. The molecule has 0 aromatic carbocycles. The van der Waals surface area contributed by atoms with Gasteiger partial charge in [-0.25, -0.2) is 0 Å². The van der Waals surface area contributed by atoms with Crippen LogP contribution in [0.25, 0.3) is 0 Å². The van der Waals surface area contributed by atoms with Crippen molar-refractivity contribution in [2.24, 2.45) is 34.5 Å². The van der Waals surface area contributed by atoms with E-state index in [-0.39, 0.29) is 40.5 Å². The average Bonchev–Trinajstić information content (AvgIpc) is 2.91. The van der Waals surface area contributed by atoms with Gasteiger partial charge in [-0.05, 0) is 61.7 Å². The molecule has 0 radical (unpaired) electrons. The van der Waals surface area contributed by atoms with E-state index in [4.69, 9.17) is 4.74 Å². The van der Waals surface area contributed by atoms with Crippen LogP contribution in [0.15, 0.2) is 11.6 Å². The van der Waals surface area contributed by atoms with Crippen molar-refractivity contribution in [1.82, 2.24) is 0 Å². The molecule has 0 heterocycles. The molecule has 4 nitrogen and oxygen atoms in total. The van der Waals surface area contributed by atoms with Gasteiger partial charge < -0.3 is 4.74 Å². The number of rotatable bonds is 2. The van der Waals surface area contributed by atoms with E-state index < -0.39 is 0 Å². The lowest BCUT2D eigenvalue weighted by atomic mass is 9.47. The molecular weight excluding hydrogens is 340 g/mol. The van der Waals surface area contributed by atoms with E-state index in [0.717, 1.165) is 38.5 Å². The lowest BCUT2D eigenvalue weighted by molar-refractivity contribution is -0.153. The van der Waals surface area contributed by atoms with Crippen LogP contribution in [-0.2, 0) is 19.1 Å². The van der Waals surface area contributed by atoms with Crippen molar-refractivity contribution in [3.05, 3.63) is 11.6 Å². The number of carbonyl (C=O) groups is 3. The van der Waals surface area contributed by atoms with Gasteiger partial charge in [0, 0.05) is 31.6 Å². The van der Waals surface area contributed by atoms with Gasteiger partial charge in [0.15, 0.2) is 0 Å². The van der Waals surface area contributed by atoms with Crippen LogP contribution in [0.5, 0.6) is 0 Å². The average molecular weight is 373 g/mol. The fourth-order valence-corrected chi connectivity index (χ4v) is 7.46. The Morgan fingerprint density at radius 3 is 2.56 bits per heavy atom. The van der Waals surface area contributed by atoms with Gasteiger partial charge in [-0.3, -0.25) is 14.4 Å². The highest BCUT2D eigenvalue weighted by Gasteiger charge is 2.62. The number of hydrogen-bond donors (Lipinski definition) is 0. The number of ketones is 2. The summed E-state index contributed by atoms with van der Waals surface area (Å²) in [5.41, 5.74) is 1.06. The first kappa shape index (κ1) is 18.9. The maximum Gasteiger partial charge on any atom is 0.302 e. The van der Waals surface area contributed by atoms with Crippen LogP contribution in [0.1, 0.15) is 72.6 Å². The maximum atomic E-state index is 13.4. The first-order chi connectivity index (χ1) is 12.7. The molecule has 3 fully saturated rings. The Kier molecular flexibility index (Phi) is 4.40. The summed E-state index contributed by atoms with van der Waals surface area (Å²) in [4.78, 5) is 37.0. The largest absolute Gasteiger partial charge is 0.462 e. The van der Waals surface area contributed by atoms with Gasteiger partial charge in [-0.15, -0.1) is 0 Å². The fraction of sp³-hybridized carbons (Fsp3) is 0.783. The van der Waals surface area contributed by atoms with Crippen LogP contribution in [0.3, 0.4) is 0 Å². The number of esters is 1. The third kappa shape index (κ3) is 2.74. The summed E-state index contributed by atoms with van der Waals surface area (Å²) < 4.78 is 5.47. The molecule has 3 saturated carbocycles. The molecule has 4 heteroatoms. The Bertz CT molecular complexity index is 722. The van der Waals surface area contributed by atoms with Crippen LogP contribution in [0, 0.1) is 34.5 Å². The van der Waals surface area contributed by atoms with Crippen LogP contribution < -0.4 is 0 Å². The predicted molar refractivity (Wildman–Crippen MR) is 102 cm³/mol. The van der Waals surface area contributed by atoms with Crippen molar-refractivity contribution in [2.45, 2.75) is 78.7 Å². The number of allylic oxidation sites excluding steroid dienone is 1. The molecule has 4 aliphatic rings. The number of hydrogen-bond acceptors (Lipinski definition) is 4. The molecule has 148 valence electrons. The van der Waals surface area contributed by atoms with E-state index in [0.29, 0.717) is 24.0 Å². The van der Waals surface area contributed by atoms with Crippen LogP contribution >= 0.6 is 0 Å². The van der Waals surface area contributed by atoms with E-state index >= 15 is 0 Å². The molecule has 7 unspecified atom stereocenters. The Balaban J connectivity index is 1.65. The molecule has 0 amide bonds. The van der Waals surface area contributed by atoms with Crippen molar-refractivity contribution >= 4 is 17.5 Å². The summed E-state index contributed by atoms with van der Waals surface area (Å²) in [6, 6.07) is 0. The third-order valence-electron chi connectivity index (χ3n) is 8.57. The summed E-state index contributed by atoms with van der Waals surface area (Å²) in [7, 11) is 0. The van der Waals surface area contributed by atoms with E-state index in [9.17, 15) is 14.4 Å². The molecule has 0 aliphatic heterocycles. The number of carbonyl (C=O) groups excluding carboxylic acids is 3. The van der Waals surface area contributed by atoms with Gasteiger partial charge in [0.25, 0.3) is 0 Å². The summed E-state index contributed by atoms with van der Waals surface area (Å²) in [6.07, 6.45) is 8.31. The van der Waals surface area contributed by atoms with Gasteiger partial charge in [-0.2, -0.15) is 0 Å². The Morgan fingerprint density at radius 2 is 1.89 bits per heavy atom. The van der Waals surface area contributed by atoms with E-state index in [2.05, 4.69) is 19.9 Å². The number of ether oxygens (including phenoxy) is 1. The van der Waals surface area contributed by atoms with Gasteiger partial charge in [0.05, 0.1) is 0 Å². The molecule has 7 atom stereocenters. The van der Waals surface area contributed by atoms with Crippen molar-refractivity contribution in [1.29, 1.82) is 0 Å². The summed E-state index contributed by atoms with van der Waals surface area (Å²) in [5.74, 6) is 1.35. The lowest BCUT2D eigenvalue weighted by Gasteiger charge is -2.56. The first-order valence-corrected chi connectivity index (χ1v) is 10.6. The Morgan fingerprint density at radius 1 is 1.15 bits per heavy atom. The standard InChI is InChI=1S/C23H32O4/c1-13(24)18-7-8-19-17-6-5-15-11-16(27-14(2)25)9-10-22(15,3)21(17)20(26)12-23(18,19)4/h5,16-19,21H,6-12H2,1-4H3. The molecule has 4 aliphatic carbocycles. The quantitative estimate of drug-likeness (QED) is 0.537. The molecule has 0 saturated heterocycles. The molecule has 4 rings (SSSR count). The minimum absolute atomic E-state index is 0.0455. The summed E-state index contributed by atoms with van der Waals surface area (Å²) >= 11 is 0. The van der Waals surface area contributed by atoms with Gasteiger partial charge >= 0.3 is 5.97 Å². The van der Waals surface area contributed by atoms with Crippen LogP contribution in [0.4, 0.5) is 0 Å². The topological polar surface area (TPSA) is 60.4 Å².